The van der Waals surface area contributed by atoms with Crippen LogP contribution >= 0.6 is 0 Å². The van der Waals surface area contributed by atoms with Crippen molar-refractivity contribution in [3.63, 3.8) is 0 Å². The lowest BCUT2D eigenvalue weighted by molar-refractivity contribution is -0.383. The second-order valence-electron chi connectivity index (χ2n) is 3.06. The molecule has 2 N–H and O–H groups in total. The molecule has 82 valence electrons. The molecular formula is C9H7FN4O2. The Balaban J connectivity index is 2.49. The van der Waals surface area contributed by atoms with E-state index in [0.717, 1.165) is 6.20 Å². The zero-order valence-electron chi connectivity index (χ0n) is 8.00. The van der Waals surface area contributed by atoms with Gasteiger partial charge in [0.15, 0.2) is 0 Å². The summed E-state index contributed by atoms with van der Waals surface area (Å²) in [7, 11) is 0. The van der Waals surface area contributed by atoms with Crippen molar-refractivity contribution in [2.24, 2.45) is 0 Å². The molecule has 0 aliphatic carbocycles. The van der Waals surface area contributed by atoms with Gasteiger partial charge < -0.3 is 5.73 Å². The summed E-state index contributed by atoms with van der Waals surface area (Å²) in [6, 6.07) is 5.31. The van der Waals surface area contributed by atoms with Crippen LogP contribution in [0.2, 0.25) is 0 Å². The van der Waals surface area contributed by atoms with E-state index in [-0.39, 0.29) is 11.5 Å². The maximum absolute atomic E-state index is 12.7. The third kappa shape index (κ3) is 1.58. The number of hydrogen-bond acceptors (Lipinski definition) is 4. The van der Waals surface area contributed by atoms with Crippen LogP contribution in [-0.2, 0) is 0 Å². The first-order chi connectivity index (χ1) is 7.59. The summed E-state index contributed by atoms with van der Waals surface area (Å²) in [5, 5.41) is 14.3. The van der Waals surface area contributed by atoms with E-state index < -0.39 is 10.7 Å². The van der Waals surface area contributed by atoms with Crippen molar-refractivity contribution in [3.05, 3.63) is 46.4 Å². The van der Waals surface area contributed by atoms with Gasteiger partial charge in [0.05, 0.1) is 10.6 Å². The van der Waals surface area contributed by atoms with E-state index in [1.165, 1.54) is 28.9 Å². The molecule has 1 heterocycles. The van der Waals surface area contributed by atoms with Crippen molar-refractivity contribution in [1.29, 1.82) is 0 Å². The molecule has 6 nitrogen and oxygen atoms in total. The first-order valence-corrected chi connectivity index (χ1v) is 4.33. The van der Waals surface area contributed by atoms with E-state index in [1.807, 2.05) is 0 Å². The van der Waals surface area contributed by atoms with Gasteiger partial charge in [-0.1, -0.05) is 0 Å². The first-order valence-electron chi connectivity index (χ1n) is 4.33. The van der Waals surface area contributed by atoms with Crippen LogP contribution in [0.4, 0.5) is 15.9 Å². The van der Waals surface area contributed by atoms with E-state index in [4.69, 9.17) is 5.73 Å². The predicted octanol–water partition coefficient (Wildman–Crippen LogP) is 1.50. The van der Waals surface area contributed by atoms with E-state index in [9.17, 15) is 14.5 Å². The van der Waals surface area contributed by atoms with Crippen LogP contribution in [0.3, 0.4) is 0 Å². The van der Waals surface area contributed by atoms with Crippen molar-refractivity contribution in [1.82, 2.24) is 9.78 Å². The standard InChI is InChI=1S/C9H7FN4O2/c10-6-1-3-7(4-2-6)13-9(11)8(5-12-13)14(15)16/h1-5H,11H2. The van der Waals surface area contributed by atoms with Crippen molar-refractivity contribution in [2.45, 2.75) is 0 Å². The molecule has 0 aliphatic heterocycles. The summed E-state index contributed by atoms with van der Waals surface area (Å²) in [5.74, 6) is -0.486. The number of benzene rings is 1. The molecule has 0 amide bonds. The fourth-order valence-corrected chi connectivity index (χ4v) is 1.28. The number of aromatic nitrogens is 2. The minimum Gasteiger partial charge on any atom is -0.378 e. The number of hydrogen-bond donors (Lipinski definition) is 1. The third-order valence-corrected chi connectivity index (χ3v) is 2.05. The molecule has 7 heteroatoms. The highest BCUT2D eigenvalue weighted by molar-refractivity contribution is 5.55. The molecule has 2 aromatic rings. The fraction of sp³-hybridized carbons (Fsp3) is 0. The summed E-state index contributed by atoms with van der Waals surface area (Å²) >= 11 is 0. The smallest absolute Gasteiger partial charge is 0.331 e. The van der Waals surface area contributed by atoms with Crippen LogP contribution in [0.15, 0.2) is 30.5 Å². The monoisotopic (exact) mass is 222 g/mol. The van der Waals surface area contributed by atoms with Crippen molar-refractivity contribution in [3.8, 4) is 5.69 Å². The average molecular weight is 222 g/mol. The molecule has 0 radical (unpaired) electrons. The lowest BCUT2D eigenvalue weighted by Gasteiger charge is -2.02. The highest BCUT2D eigenvalue weighted by Crippen LogP contribution is 2.23. The quantitative estimate of drug-likeness (QED) is 0.616. The van der Waals surface area contributed by atoms with E-state index in [0.29, 0.717) is 5.69 Å². The Hall–Kier alpha value is -2.44. The van der Waals surface area contributed by atoms with Gasteiger partial charge in [0.25, 0.3) is 0 Å². The van der Waals surface area contributed by atoms with Crippen molar-refractivity contribution >= 4 is 11.5 Å². The lowest BCUT2D eigenvalue weighted by Crippen LogP contribution is -2.03. The van der Waals surface area contributed by atoms with Crippen molar-refractivity contribution in [2.75, 3.05) is 5.73 Å². The number of halogens is 1. The van der Waals surface area contributed by atoms with Crippen LogP contribution < -0.4 is 5.73 Å². The van der Waals surface area contributed by atoms with E-state index in [2.05, 4.69) is 5.10 Å². The minimum absolute atomic E-state index is 0.0865. The molecule has 0 spiro atoms. The summed E-state index contributed by atoms with van der Waals surface area (Å²) in [6.07, 6.45) is 1.05. The molecule has 0 aliphatic rings. The lowest BCUT2D eigenvalue weighted by atomic mass is 10.3. The zero-order chi connectivity index (χ0) is 11.7. The molecule has 0 fully saturated rings. The summed E-state index contributed by atoms with van der Waals surface area (Å²) in [6.45, 7) is 0. The number of nitrogen functional groups attached to an aromatic ring is 1. The molecule has 0 atom stereocenters. The predicted molar refractivity (Wildman–Crippen MR) is 54.6 cm³/mol. The Bertz CT molecular complexity index is 535. The highest BCUT2D eigenvalue weighted by Gasteiger charge is 2.18. The van der Waals surface area contributed by atoms with Crippen LogP contribution in [0, 0.1) is 15.9 Å². The Morgan fingerprint density at radius 1 is 1.38 bits per heavy atom. The number of nitrogens with two attached hydrogens (primary N) is 1. The normalized spacial score (nSPS) is 10.3. The Labute approximate surface area is 89.3 Å². The molecule has 1 aromatic heterocycles. The topological polar surface area (TPSA) is 87.0 Å². The molecule has 0 saturated heterocycles. The summed E-state index contributed by atoms with van der Waals surface area (Å²) < 4.78 is 13.8. The largest absolute Gasteiger partial charge is 0.378 e. The van der Waals surface area contributed by atoms with Gasteiger partial charge in [0.2, 0.25) is 5.82 Å². The number of nitro groups is 1. The number of rotatable bonds is 2. The van der Waals surface area contributed by atoms with Gasteiger partial charge >= 0.3 is 5.69 Å². The molecule has 0 bridgehead atoms. The van der Waals surface area contributed by atoms with Gasteiger partial charge in [-0.2, -0.15) is 5.10 Å². The van der Waals surface area contributed by atoms with Gasteiger partial charge in [0.1, 0.15) is 12.0 Å². The average Bonchev–Trinajstić information content (AvgIpc) is 2.61. The number of anilines is 1. The Kier molecular flexibility index (Phi) is 2.28. The third-order valence-electron chi connectivity index (χ3n) is 2.05. The molecule has 2 rings (SSSR count). The van der Waals surface area contributed by atoms with Crippen LogP contribution in [0.5, 0.6) is 0 Å². The van der Waals surface area contributed by atoms with Gasteiger partial charge in [-0.05, 0) is 24.3 Å². The van der Waals surface area contributed by atoms with E-state index >= 15 is 0 Å². The summed E-state index contributed by atoms with van der Waals surface area (Å²) in [4.78, 5) is 9.91. The Morgan fingerprint density at radius 2 is 2.00 bits per heavy atom. The Morgan fingerprint density at radius 3 is 2.50 bits per heavy atom. The molecule has 1 aromatic carbocycles. The minimum atomic E-state index is -0.623. The van der Waals surface area contributed by atoms with Gasteiger partial charge in [-0.15, -0.1) is 0 Å². The maximum atomic E-state index is 12.7. The molecular weight excluding hydrogens is 215 g/mol. The second kappa shape index (κ2) is 3.61. The van der Waals surface area contributed by atoms with Crippen LogP contribution in [0.1, 0.15) is 0 Å². The van der Waals surface area contributed by atoms with E-state index in [1.54, 1.807) is 0 Å². The van der Waals surface area contributed by atoms with Gasteiger partial charge in [-0.3, -0.25) is 10.1 Å². The molecule has 0 unspecified atom stereocenters. The van der Waals surface area contributed by atoms with Crippen LogP contribution in [-0.4, -0.2) is 14.7 Å². The van der Waals surface area contributed by atoms with Crippen molar-refractivity contribution < 1.29 is 9.31 Å². The summed E-state index contributed by atoms with van der Waals surface area (Å²) in [5.41, 5.74) is 5.73. The maximum Gasteiger partial charge on any atom is 0.331 e. The molecule has 16 heavy (non-hydrogen) atoms. The van der Waals surface area contributed by atoms with Gasteiger partial charge in [0, 0.05) is 0 Å². The molecule has 0 saturated carbocycles. The van der Waals surface area contributed by atoms with Crippen LogP contribution in [0.25, 0.3) is 5.69 Å². The SMILES string of the molecule is Nc1c([N+](=O)[O-])cnn1-c1ccc(F)cc1. The highest BCUT2D eigenvalue weighted by atomic mass is 19.1. The fourth-order valence-electron chi connectivity index (χ4n) is 1.28. The number of nitrogens with zero attached hydrogens (tertiary/aromatic N) is 3. The van der Waals surface area contributed by atoms with Gasteiger partial charge in [-0.25, -0.2) is 9.07 Å². The zero-order valence-corrected chi connectivity index (χ0v) is 8.00. The second-order valence-corrected chi connectivity index (χ2v) is 3.06. The first kappa shape index (κ1) is 10.1.